The van der Waals surface area contributed by atoms with E-state index in [0.29, 0.717) is 37.3 Å². The van der Waals surface area contributed by atoms with Crippen molar-refractivity contribution in [3.05, 3.63) is 82.0 Å². The molecule has 0 bridgehead atoms. The fraction of sp³-hybridized carbons (Fsp3) is 0.549. The van der Waals surface area contributed by atoms with Gasteiger partial charge in [-0.15, -0.1) is 0 Å². The van der Waals surface area contributed by atoms with Crippen LogP contribution in [0, 0.1) is 17.8 Å². The summed E-state index contributed by atoms with van der Waals surface area (Å²) in [6, 6.07) is 9.83. The first-order chi connectivity index (χ1) is 30.9. The number of piperazine rings is 1. The van der Waals surface area contributed by atoms with Crippen molar-refractivity contribution in [2.45, 2.75) is 102 Å². The van der Waals surface area contributed by atoms with Gasteiger partial charge in [0.2, 0.25) is 17.7 Å². The van der Waals surface area contributed by atoms with Gasteiger partial charge in [0, 0.05) is 88.1 Å². The molecule has 64 heavy (non-hydrogen) atoms. The second-order valence-electron chi connectivity index (χ2n) is 19.3. The maximum absolute atomic E-state index is 13.6. The smallest absolute Gasteiger partial charge is 0.255 e. The molecule has 1 spiro atoms. The number of hydrogen-bond acceptors (Lipinski definition) is 10. The monoisotopic (exact) mass is 872 g/mol. The minimum atomic E-state index is -0.598. The van der Waals surface area contributed by atoms with Gasteiger partial charge in [0.1, 0.15) is 17.5 Å². The standard InChI is InChI=1S/C51H64N6O7/c1-32-5-11-44(58)41-24-34(25-48(60)52-2)6-9-38(41)39(23-32)36-26-45(63-3)42(46(27-36)64-4)30-56-22-21-54(31-51(56)16-17-51)18-13-33-14-19-55(20-15-33)37-8-7-35-29-57(50(62)40(35)28-37)43-10-12-47(59)53-49(43)61/h5,7-8,11,23,26-28,32-34,43H,6,9-10,12-22,24-25,29-31H2,1-4H3,(H,52,60)(H,53,59,61)/b11-5+,39-23-. The Morgan fingerprint density at radius 1 is 0.906 bits per heavy atom. The van der Waals surface area contributed by atoms with E-state index in [1.165, 1.54) is 19.3 Å². The van der Waals surface area contributed by atoms with Gasteiger partial charge < -0.3 is 29.5 Å². The van der Waals surface area contributed by atoms with E-state index in [1.807, 2.05) is 18.2 Å². The Bertz CT molecular complexity index is 2280. The van der Waals surface area contributed by atoms with E-state index in [1.54, 1.807) is 32.2 Å². The average molecular weight is 873 g/mol. The number of nitrogens with zero attached hydrogens (tertiary/aromatic N) is 4. The maximum Gasteiger partial charge on any atom is 0.255 e. The summed E-state index contributed by atoms with van der Waals surface area (Å²) in [4.78, 5) is 72.8. The quantitative estimate of drug-likeness (QED) is 0.251. The fourth-order valence-electron chi connectivity index (χ4n) is 11.3. The number of hydrogen-bond donors (Lipinski definition) is 2. The van der Waals surface area contributed by atoms with Gasteiger partial charge in [0.05, 0.1) is 19.8 Å². The van der Waals surface area contributed by atoms with Crippen molar-refractivity contribution in [1.82, 2.24) is 25.3 Å². The van der Waals surface area contributed by atoms with Gasteiger partial charge in [0.15, 0.2) is 5.78 Å². The zero-order valence-electron chi connectivity index (χ0n) is 38.0. The van der Waals surface area contributed by atoms with Crippen molar-refractivity contribution in [1.29, 1.82) is 0 Å². The molecule has 4 fully saturated rings. The molecule has 13 heteroatoms. The molecule has 3 atom stereocenters. The lowest BCUT2D eigenvalue weighted by molar-refractivity contribution is -0.137. The second-order valence-corrected chi connectivity index (χ2v) is 19.3. The van der Waals surface area contributed by atoms with Gasteiger partial charge >= 0.3 is 0 Å². The van der Waals surface area contributed by atoms with Crippen molar-refractivity contribution in [2.24, 2.45) is 17.8 Å². The van der Waals surface area contributed by atoms with Gasteiger partial charge in [-0.2, -0.15) is 0 Å². The molecule has 4 amide bonds. The number of fused-ring (bicyclic) bond motifs is 1. The van der Waals surface area contributed by atoms with Gasteiger partial charge in [-0.1, -0.05) is 25.1 Å². The third-order valence-electron chi connectivity index (χ3n) is 15.3. The van der Waals surface area contributed by atoms with Crippen LogP contribution in [0.25, 0.3) is 5.57 Å². The first kappa shape index (κ1) is 44.0. The lowest BCUT2D eigenvalue weighted by Crippen LogP contribution is -2.54. The molecule has 3 aliphatic carbocycles. The predicted molar refractivity (Wildman–Crippen MR) is 245 cm³/mol. The fourth-order valence-corrected chi connectivity index (χ4v) is 11.3. The van der Waals surface area contributed by atoms with Crippen LogP contribution in [0.3, 0.4) is 0 Å². The molecular weight excluding hydrogens is 809 g/mol. The number of allylic oxidation sites excluding steroid dienone is 6. The van der Waals surface area contributed by atoms with Crippen LogP contribution in [0.15, 0.2) is 59.7 Å². The number of anilines is 1. The van der Waals surface area contributed by atoms with Crippen LogP contribution < -0.4 is 25.0 Å². The Hall–Kier alpha value is -5.27. The number of amides is 4. The molecule has 13 nitrogen and oxygen atoms in total. The van der Waals surface area contributed by atoms with Crippen LogP contribution in [-0.2, 0) is 32.3 Å². The number of imide groups is 1. The molecule has 2 aromatic rings. The molecule has 7 aliphatic rings. The summed E-state index contributed by atoms with van der Waals surface area (Å²) < 4.78 is 12.3. The van der Waals surface area contributed by atoms with E-state index in [2.05, 4.69) is 56.5 Å². The van der Waals surface area contributed by atoms with E-state index >= 15 is 0 Å². The molecule has 2 aromatic carbocycles. The highest BCUT2D eigenvalue weighted by Gasteiger charge is 2.51. The summed E-state index contributed by atoms with van der Waals surface area (Å²) in [5, 5.41) is 5.14. The Labute approximate surface area is 377 Å². The number of carbonyl (C=O) groups is 5. The molecule has 4 aliphatic heterocycles. The number of carbonyl (C=O) groups excluding carboxylic acids is 5. The van der Waals surface area contributed by atoms with E-state index in [4.69, 9.17) is 9.47 Å². The van der Waals surface area contributed by atoms with Crippen LogP contribution >= 0.6 is 0 Å². The number of rotatable bonds is 12. The second kappa shape index (κ2) is 18.3. The minimum Gasteiger partial charge on any atom is -0.496 e. The SMILES string of the molecule is CNC(=O)CC1CCC2=C(C1)C(=O)/C=C/C(C)/C=C\2c1cc(OC)c(CN2CCN(CCC3CCN(c4ccc5c(c4)C(=O)N(C4CCC(=O)NC4=O)C5)CC3)CC23CC3)c(OC)c1. The Morgan fingerprint density at radius 2 is 1.67 bits per heavy atom. The summed E-state index contributed by atoms with van der Waals surface area (Å²) in [5.74, 6) is 1.74. The van der Waals surface area contributed by atoms with Crippen LogP contribution in [-0.4, -0.2) is 116 Å². The summed E-state index contributed by atoms with van der Waals surface area (Å²) in [7, 11) is 5.13. The van der Waals surface area contributed by atoms with Crippen molar-refractivity contribution < 1.29 is 33.4 Å². The Balaban J connectivity index is 0.810. The van der Waals surface area contributed by atoms with Crippen molar-refractivity contribution in [2.75, 3.05) is 65.4 Å². The first-order valence-corrected chi connectivity index (χ1v) is 23.6. The molecule has 1 saturated carbocycles. The third-order valence-corrected chi connectivity index (χ3v) is 15.3. The zero-order valence-corrected chi connectivity index (χ0v) is 38.0. The topological polar surface area (TPSA) is 141 Å². The Morgan fingerprint density at radius 3 is 2.38 bits per heavy atom. The average Bonchev–Trinajstić information content (AvgIpc) is 4.00. The van der Waals surface area contributed by atoms with Gasteiger partial charge in [0.25, 0.3) is 5.91 Å². The predicted octanol–water partition coefficient (Wildman–Crippen LogP) is 5.81. The van der Waals surface area contributed by atoms with Crippen LogP contribution in [0.1, 0.15) is 105 Å². The highest BCUT2D eigenvalue weighted by molar-refractivity contribution is 6.08. The molecule has 2 N–H and O–H groups in total. The number of methoxy groups -OCH3 is 2. The third kappa shape index (κ3) is 8.90. The van der Waals surface area contributed by atoms with Crippen LogP contribution in [0.2, 0.25) is 0 Å². The maximum atomic E-state index is 13.6. The Kier molecular flexibility index (Phi) is 12.6. The van der Waals surface area contributed by atoms with Crippen molar-refractivity contribution in [3.63, 3.8) is 0 Å². The molecule has 9 rings (SSSR count). The zero-order chi connectivity index (χ0) is 44.7. The summed E-state index contributed by atoms with van der Waals surface area (Å²) >= 11 is 0. The summed E-state index contributed by atoms with van der Waals surface area (Å²) in [6.45, 7) is 9.33. The van der Waals surface area contributed by atoms with Gasteiger partial charge in [-0.05, 0) is 135 Å². The van der Waals surface area contributed by atoms with Crippen LogP contribution in [0.4, 0.5) is 5.69 Å². The summed E-state index contributed by atoms with van der Waals surface area (Å²) in [5.41, 5.74) is 7.82. The summed E-state index contributed by atoms with van der Waals surface area (Å²) in [6.07, 6.45) is 15.0. The molecule has 0 aromatic heterocycles. The lowest BCUT2D eigenvalue weighted by Gasteiger charge is -2.43. The highest BCUT2D eigenvalue weighted by Crippen LogP contribution is 2.48. The van der Waals surface area contributed by atoms with E-state index < -0.39 is 6.04 Å². The van der Waals surface area contributed by atoms with Crippen molar-refractivity contribution in [3.8, 4) is 11.5 Å². The molecule has 4 heterocycles. The number of nitrogens with one attached hydrogen (secondary N) is 2. The highest BCUT2D eigenvalue weighted by atomic mass is 16.5. The number of piperidine rings is 2. The number of benzene rings is 2. The van der Waals surface area contributed by atoms with Gasteiger partial charge in [-0.3, -0.25) is 34.2 Å². The van der Waals surface area contributed by atoms with Crippen molar-refractivity contribution >= 4 is 40.7 Å². The molecule has 3 saturated heterocycles. The first-order valence-electron chi connectivity index (χ1n) is 23.6. The molecule has 0 radical (unpaired) electrons. The molecule has 3 unspecified atom stereocenters. The molecular formula is C51H64N6O7. The van der Waals surface area contributed by atoms with Gasteiger partial charge in [-0.25, -0.2) is 0 Å². The van der Waals surface area contributed by atoms with E-state index in [0.717, 1.165) is 122 Å². The lowest BCUT2D eigenvalue weighted by atomic mass is 9.75. The van der Waals surface area contributed by atoms with E-state index in [-0.39, 0.29) is 53.2 Å². The molecule has 340 valence electrons. The normalized spacial score (nSPS) is 26.4. The number of ketones is 1. The van der Waals surface area contributed by atoms with E-state index in [9.17, 15) is 24.0 Å². The van der Waals surface area contributed by atoms with Crippen LogP contribution in [0.5, 0.6) is 11.5 Å². The largest absolute Gasteiger partial charge is 0.496 e. The number of ether oxygens (including phenoxy) is 2. The minimum absolute atomic E-state index is 0.0120.